The lowest BCUT2D eigenvalue weighted by Gasteiger charge is -2.17. The molecule has 1 aromatic heterocycles. The minimum Gasteiger partial charge on any atom is -0.377 e. The number of halogens is 5. The molecule has 1 N–H and O–H groups in total. The quantitative estimate of drug-likeness (QED) is 0.761. The molecule has 0 radical (unpaired) electrons. The normalized spacial score (nSPS) is 13.0. The number of aromatic nitrogens is 1. The Balaban J connectivity index is 2.14. The van der Waals surface area contributed by atoms with Crippen molar-refractivity contribution in [3.05, 3.63) is 58.1 Å². The maximum atomic E-state index is 13.0. The van der Waals surface area contributed by atoms with Gasteiger partial charge in [0.1, 0.15) is 11.5 Å². The summed E-state index contributed by atoms with van der Waals surface area (Å²) in [6.45, 7) is 1.82. The van der Waals surface area contributed by atoms with Crippen LogP contribution in [0.15, 0.2) is 41.0 Å². The first kappa shape index (κ1) is 15.8. The van der Waals surface area contributed by atoms with Gasteiger partial charge in [0, 0.05) is 10.5 Å². The predicted molar refractivity (Wildman–Crippen MR) is 75.4 cm³/mol. The van der Waals surface area contributed by atoms with Crippen LogP contribution in [-0.4, -0.2) is 4.98 Å². The van der Waals surface area contributed by atoms with E-state index in [0.717, 1.165) is 17.8 Å². The SMILES string of the molecule is CC(Nc1ccc(C(F)(F)F)nc1)c1ccc(F)cc1Br. The molecule has 2 nitrogen and oxygen atoms in total. The third-order valence-electron chi connectivity index (χ3n) is 2.87. The number of pyridine rings is 1. The summed E-state index contributed by atoms with van der Waals surface area (Å²) in [5.41, 5.74) is 0.298. The van der Waals surface area contributed by atoms with Gasteiger partial charge in [-0.25, -0.2) is 9.37 Å². The summed E-state index contributed by atoms with van der Waals surface area (Å²) in [5.74, 6) is -0.367. The summed E-state index contributed by atoms with van der Waals surface area (Å²) >= 11 is 3.25. The van der Waals surface area contributed by atoms with Gasteiger partial charge in [0.2, 0.25) is 0 Å². The molecular weight excluding hydrogens is 352 g/mol. The Bertz CT molecular complexity index is 626. The van der Waals surface area contributed by atoms with Gasteiger partial charge >= 0.3 is 6.18 Å². The van der Waals surface area contributed by atoms with E-state index in [1.165, 1.54) is 18.2 Å². The zero-order chi connectivity index (χ0) is 15.6. The van der Waals surface area contributed by atoms with Crippen LogP contribution in [0.25, 0.3) is 0 Å². The Morgan fingerprint density at radius 3 is 2.43 bits per heavy atom. The first-order valence-electron chi connectivity index (χ1n) is 6.02. The standard InChI is InChI=1S/C14H11BrF4N2/c1-8(11-4-2-9(16)6-12(11)15)21-10-3-5-13(20-7-10)14(17,18)19/h2-8,21H,1H3. The molecule has 2 rings (SSSR count). The van der Waals surface area contributed by atoms with Crippen LogP contribution >= 0.6 is 15.9 Å². The number of benzene rings is 1. The molecule has 0 bridgehead atoms. The Hall–Kier alpha value is -1.63. The van der Waals surface area contributed by atoms with Gasteiger partial charge in [-0.05, 0) is 36.8 Å². The van der Waals surface area contributed by atoms with Crippen molar-refractivity contribution in [2.75, 3.05) is 5.32 Å². The molecular formula is C14H11BrF4N2. The lowest BCUT2D eigenvalue weighted by molar-refractivity contribution is -0.141. The van der Waals surface area contributed by atoms with Crippen molar-refractivity contribution in [1.82, 2.24) is 4.98 Å². The summed E-state index contributed by atoms with van der Waals surface area (Å²) in [5, 5.41) is 3.01. The highest BCUT2D eigenvalue weighted by molar-refractivity contribution is 9.10. The Kier molecular flexibility index (Phi) is 4.51. The monoisotopic (exact) mass is 362 g/mol. The van der Waals surface area contributed by atoms with E-state index in [1.807, 2.05) is 6.92 Å². The smallest absolute Gasteiger partial charge is 0.377 e. The molecule has 0 fully saturated rings. The van der Waals surface area contributed by atoms with E-state index in [1.54, 1.807) is 6.07 Å². The molecule has 21 heavy (non-hydrogen) atoms. The fraction of sp³-hybridized carbons (Fsp3) is 0.214. The van der Waals surface area contributed by atoms with Crippen LogP contribution in [0.3, 0.4) is 0 Å². The van der Waals surface area contributed by atoms with Gasteiger partial charge in [0.15, 0.2) is 0 Å². The van der Waals surface area contributed by atoms with Crippen molar-refractivity contribution in [2.45, 2.75) is 19.1 Å². The van der Waals surface area contributed by atoms with Gasteiger partial charge in [-0.3, -0.25) is 0 Å². The van der Waals surface area contributed by atoms with Gasteiger partial charge < -0.3 is 5.32 Å². The van der Waals surface area contributed by atoms with E-state index in [2.05, 4.69) is 26.2 Å². The van der Waals surface area contributed by atoms with Crippen LogP contribution in [0.2, 0.25) is 0 Å². The lowest BCUT2D eigenvalue weighted by Crippen LogP contribution is -2.10. The van der Waals surface area contributed by atoms with E-state index < -0.39 is 11.9 Å². The van der Waals surface area contributed by atoms with Crippen LogP contribution in [0.4, 0.5) is 23.2 Å². The molecule has 0 aliphatic heterocycles. The molecule has 1 aromatic carbocycles. The summed E-state index contributed by atoms with van der Waals surface area (Å²) in [7, 11) is 0. The molecule has 7 heteroatoms. The van der Waals surface area contributed by atoms with E-state index >= 15 is 0 Å². The minimum absolute atomic E-state index is 0.224. The van der Waals surface area contributed by atoms with Crippen molar-refractivity contribution < 1.29 is 17.6 Å². The van der Waals surface area contributed by atoms with Crippen molar-refractivity contribution in [2.24, 2.45) is 0 Å². The highest BCUT2D eigenvalue weighted by Gasteiger charge is 2.32. The van der Waals surface area contributed by atoms with E-state index in [0.29, 0.717) is 10.2 Å². The zero-order valence-corrected chi connectivity index (χ0v) is 12.5. The lowest BCUT2D eigenvalue weighted by atomic mass is 10.1. The number of anilines is 1. The van der Waals surface area contributed by atoms with E-state index in [-0.39, 0.29) is 11.9 Å². The molecule has 112 valence electrons. The first-order chi connectivity index (χ1) is 9.77. The van der Waals surface area contributed by atoms with Gasteiger partial charge in [0.25, 0.3) is 0 Å². The minimum atomic E-state index is -4.45. The molecule has 0 aliphatic rings. The van der Waals surface area contributed by atoms with Gasteiger partial charge in [0.05, 0.1) is 11.9 Å². The third-order valence-corrected chi connectivity index (χ3v) is 3.55. The van der Waals surface area contributed by atoms with Crippen LogP contribution in [0.5, 0.6) is 0 Å². The second kappa shape index (κ2) is 6.01. The predicted octanol–water partition coefficient (Wildman–Crippen LogP) is 5.18. The van der Waals surface area contributed by atoms with Crippen molar-refractivity contribution in [3.8, 4) is 0 Å². The second-order valence-electron chi connectivity index (χ2n) is 4.46. The molecule has 0 spiro atoms. The summed E-state index contributed by atoms with van der Waals surface area (Å²) in [4.78, 5) is 3.37. The number of nitrogens with zero attached hydrogens (tertiary/aromatic N) is 1. The Morgan fingerprint density at radius 1 is 1.19 bits per heavy atom. The fourth-order valence-electron chi connectivity index (χ4n) is 1.83. The van der Waals surface area contributed by atoms with Gasteiger partial charge in [-0.2, -0.15) is 13.2 Å². The fourth-order valence-corrected chi connectivity index (χ4v) is 2.52. The Labute approximate surface area is 127 Å². The van der Waals surface area contributed by atoms with Crippen molar-refractivity contribution in [1.29, 1.82) is 0 Å². The molecule has 1 heterocycles. The van der Waals surface area contributed by atoms with Crippen LogP contribution < -0.4 is 5.32 Å². The number of hydrogen-bond donors (Lipinski definition) is 1. The van der Waals surface area contributed by atoms with Crippen molar-refractivity contribution in [3.63, 3.8) is 0 Å². The number of nitrogens with one attached hydrogen (secondary N) is 1. The molecule has 0 amide bonds. The first-order valence-corrected chi connectivity index (χ1v) is 6.81. The third kappa shape index (κ3) is 3.93. The van der Waals surface area contributed by atoms with Crippen LogP contribution in [0.1, 0.15) is 24.2 Å². The second-order valence-corrected chi connectivity index (χ2v) is 5.32. The molecule has 1 atom stereocenters. The number of hydrogen-bond acceptors (Lipinski definition) is 2. The van der Waals surface area contributed by atoms with Gasteiger partial charge in [-0.15, -0.1) is 0 Å². The molecule has 0 saturated carbocycles. The average molecular weight is 363 g/mol. The highest BCUT2D eigenvalue weighted by atomic mass is 79.9. The maximum absolute atomic E-state index is 13.0. The molecule has 0 aliphatic carbocycles. The van der Waals surface area contributed by atoms with E-state index in [4.69, 9.17) is 0 Å². The summed E-state index contributed by atoms with van der Waals surface area (Å²) in [6, 6.07) is 6.26. The highest BCUT2D eigenvalue weighted by Crippen LogP contribution is 2.30. The van der Waals surface area contributed by atoms with Crippen LogP contribution in [0, 0.1) is 5.82 Å². The maximum Gasteiger partial charge on any atom is 0.433 e. The molecule has 1 unspecified atom stereocenters. The number of alkyl halides is 3. The zero-order valence-electron chi connectivity index (χ0n) is 10.9. The largest absolute Gasteiger partial charge is 0.433 e. The average Bonchev–Trinajstić information content (AvgIpc) is 2.38. The van der Waals surface area contributed by atoms with Crippen LogP contribution in [-0.2, 0) is 6.18 Å². The van der Waals surface area contributed by atoms with Gasteiger partial charge in [-0.1, -0.05) is 22.0 Å². The van der Waals surface area contributed by atoms with E-state index in [9.17, 15) is 17.6 Å². The number of rotatable bonds is 3. The molecule has 0 saturated heterocycles. The summed E-state index contributed by atoms with van der Waals surface area (Å²) < 4.78 is 50.9. The van der Waals surface area contributed by atoms with Crippen molar-refractivity contribution >= 4 is 21.6 Å². The molecule has 2 aromatic rings. The topological polar surface area (TPSA) is 24.9 Å². The summed E-state index contributed by atoms with van der Waals surface area (Å²) in [6.07, 6.45) is -3.33. The Morgan fingerprint density at radius 2 is 1.90 bits per heavy atom.